The van der Waals surface area contributed by atoms with E-state index in [-0.39, 0.29) is 5.60 Å². The van der Waals surface area contributed by atoms with Crippen LogP contribution in [0.2, 0.25) is 0 Å². The molecule has 2 nitrogen and oxygen atoms in total. The van der Waals surface area contributed by atoms with Crippen LogP contribution < -0.4 is 5.32 Å². The molecule has 0 radical (unpaired) electrons. The Bertz CT molecular complexity index is 258. The lowest BCUT2D eigenvalue weighted by atomic mass is 9.83. The lowest BCUT2D eigenvalue weighted by Crippen LogP contribution is -2.47. The molecule has 1 unspecified atom stereocenters. The zero-order chi connectivity index (χ0) is 13.8. The molecule has 0 aromatic carbocycles. The van der Waals surface area contributed by atoms with Gasteiger partial charge in [0.15, 0.2) is 0 Å². The Hall–Kier alpha value is -0.0800. The summed E-state index contributed by atoms with van der Waals surface area (Å²) in [6.07, 6.45) is 13.5. The van der Waals surface area contributed by atoms with Gasteiger partial charge >= 0.3 is 0 Å². The van der Waals surface area contributed by atoms with Crippen molar-refractivity contribution in [1.29, 1.82) is 0 Å². The zero-order valence-corrected chi connectivity index (χ0v) is 13.3. The monoisotopic (exact) mass is 267 g/mol. The highest BCUT2D eigenvalue weighted by atomic mass is 16.5. The van der Waals surface area contributed by atoms with Crippen molar-refractivity contribution in [1.82, 2.24) is 5.32 Å². The van der Waals surface area contributed by atoms with E-state index in [1.165, 1.54) is 64.2 Å². The molecule has 0 bridgehead atoms. The molecule has 1 saturated carbocycles. The van der Waals surface area contributed by atoms with E-state index in [4.69, 9.17) is 4.74 Å². The van der Waals surface area contributed by atoms with Crippen molar-refractivity contribution in [3.8, 4) is 0 Å². The van der Waals surface area contributed by atoms with E-state index < -0.39 is 0 Å². The van der Waals surface area contributed by atoms with Gasteiger partial charge in [0, 0.05) is 12.1 Å². The molecule has 1 spiro atoms. The van der Waals surface area contributed by atoms with Gasteiger partial charge < -0.3 is 10.1 Å². The van der Waals surface area contributed by atoms with E-state index in [0.717, 1.165) is 6.54 Å². The first kappa shape index (κ1) is 15.3. The van der Waals surface area contributed by atoms with Crippen molar-refractivity contribution in [3.05, 3.63) is 0 Å². The van der Waals surface area contributed by atoms with Gasteiger partial charge in [-0.05, 0) is 44.9 Å². The maximum absolute atomic E-state index is 6.46. The topological polar surface area (TPSA) is 21.3 Å². The molecule has 0 aromatic heterocycles. The summed E-state index contributed by atoms with van der Waals surface area (Å²) in [7, 11) is 0. The molecular weight excluding hydrogens is 234 g/mol. The summed E-state index contributed by atoms with van der Waals surface area (Å²) in [5.41, 5.74) is 0.615. The third kappa shape index (κ3) is 3.52. The SMILES string of the molecule is CCC(CC)(CC)NCC1CCC2(CCCCC2)O1. The van der Waals surface area contributed by atoms with Crippen molar-refractivity contribution in [2.24, 2.45) is 0 Å². The van der Waals surface area contributed by atoms with Crippen molar-refractivity contribution < 1.29 is 4.74 Å². The fourth-order valence-electron chi connectivity index (χ4n) is 4.06. The second-order valence-electron chi connectivity index (χ2n) is 6.74. The van der Waals surface area contributed by atoms with Crippen LogP contribution in [0.3, 0.4) is 0 Å². The highest BCUT2D eigenvalue weighted by Gasteiger charge is 2.41. The highest BCUT2D eigenvalue weighted by Crippen LogP contribution is 2.41. The van der Waals surface area contributed by atoms with Gasteiger partial charge in [-0.1, -0.05) is 40.0 Å². The predicted molar refractivity (Wildman–Crippen MR) is 81.5 cm³/mol. The van der Waals surface area contributed by atoms with Gasteiger partial charge in [0.05, 0.1) is 11.7 Å². The summed E-state index contributed by atoms with van der Waals surface area (Å²) < 4.78 is 6.46. The maximum Gasteiger partial charge on any atom is 0.0708 e. The average Bonchev–Trinajstić information content (AvgIpc) is 2.85. The molecule has 1 N–H and O–H groups in total. The molecule has 0 amide bonds. The molecule has 1 saturated heterocycles. The van der Waals surface area contributed by atoms with E-state index in [2.05, 4.69) is 26.1 Å². The Balaban J connectivity index is 1.81. The van der Waals surface area contributed by atoms with E-state index in [1.807, 2.05) is 0 Å². The number of rotatable bonds is 6. The van der Waals surface area contributed by atoms with Gasteiger partial charge in [-0.3, -0.25) is 0 Å². The van der Waals surface area contributed by atoms with Crippen LogP contribution in [-0.4, -0.2) is 23.8 Å². The molecule has 112 valence electrons. The van der Waals surface area contributed by atoms with Crippen LogP contribution in [0, 0.1) is 0 Å². The van der Waals surface area contributed by atoms with Crippen molar-refractivity contribution >= 4 is 0 Å². The van der Waals surface area contributed by atoms with Crippen LogP contribution in [0.1, 0.15) is 85.0 Å². The van der Waals surface area contributed by atoms with Gasteiger partial charge in [-0.15, -0.1) is 0 Å². The zero-order valence-electron chi connectivity index (χ0n) is 13.3. The number of ether oxygens (including phenoxy) is 1. The van der Waals surface area contributed by atoms with Crippen molar-refractivity contribution in [3.63, 3.8) is 0 Å². The molecule has 2 aliphatic rings. The second-order valence-corrected chi connectivity index (χ2v) is 6.74. The fraction of sp³-hybridized carbons (Fsp3) is 1.00. The van der Waals surface area contributed by atoms with E-state index in [1.54, 1.807) is 0 Å². The summed E-state index contributed by atoms with van der Waals surface area (Å²) in [5, 5.41) is 3.82. The third-order valence-corrected chi connectivity index (χ3v) is 5.84. The van der Waals surface area contributed by atoms with Crippen molar-refractivity contribution in [2.75, 3.05) is 6.54 Å². The van der Waals surface area contributed by atoms with Crippen LogP contribution in [0.4, 0.5) is 0 Å². The first-order chi connectivity index (χ1) is 9.17. The number of nitrogens with one attached hydrogen (secondary N) is 1. The van der Waals surface area contributed by atoms with Gasteiger partial charge in [0.1, 0.15) is 0 Å². The Morgan fingerprint density at radius 3 is 2.21 bits per heavy atom. The normalized spacial score (nSPS) is 27.0. The smallest absolute Gasteiger partial charge is 0.0708 e. The first-order valence-corrected chi connectivity index (χ1v) is 8.60. The molecule has 2 fully saturated rings. The summed E-state index contributed by atoms with van der Waals surface area (Å²) in [6, 6.07) is 0. The molecule has 2 rings (SSSR count). The average molecular weight is 267 g/mol. The fourth-order valence-corrected chi connectivity index (χ4v) is 4.06. The van der Waals surface area contributed by atoms with E-state index in [0.29, 0.717) is 11.6 Å². The predicted octanol–water partition coefficient (Wildman–Crippen LogP) is 4.43. The lowest BCUT2D eigenvalue weighted by Gasteiger charge is -2.35. The lowest BCUT2D eigenvalue weighted by molar-refractivity contribution is -0.0643. The van der Waals surface area contributed by atoms with Gasteiger partial charge in [-0.25, -0.2) is 0 Å². The van der Waals surface area contributed by atoms with E-state index in [9.17, 15) is 0 Å². The number of hydrogen-bond donors (Lipinski definition) is 1. The highest BCUT2D eigenvalue weighted by molar-refractivity contribution is 4.93. The minimum atomic E-state index is 0.276. The summed E-state index contributed by atoms with van der Waals surface area (Å²) >= 11 is 0. The first-order valence-electron chi connectivity index (χ1n) is 8.60. The largest absolute Gasteiger partial charge is 0.370 e. The Morgan fingerprint density at radius 1 is 1.00 bits per heavy atom. The number of hydrogen-bond acceptors (Lipinski definition) is 2. The Morgan fingerprint density at radius 2 is 1.63 bits per heavy atom. The van der Waals surface area contributed by atoms with Crippen LogP contribution >= 0.6 is 0 Å². The molecule has 1 aliphatic carbocycles. The van der Waals surface area contributed by atoms with Crippen LogP contribution in [0.25, 0.3) is 0 Å². The van der Waals surface area contributed by atoms with Crippen LogP contribution in [0.5, 0.6) is 0 Å². The molecular formula is C17H33NO. The van der Waals surface area contributed by atoms with Gasteiger partial charge in [0.2, 0.25) is 0 Å². The minimum Gasteiger partial charge on any atom is -0.370 e. The Kier molecular flexibility index (Phi) is 5.30. The van der Waals surface area contributed by atoms with E-state index >= 15 is 0 Å². The Labute approximate surface area is 119 Å². The quantitative estimate of drug-likeness (QED) is 0.769. The molecule has 1 aliphatic heterocycles. The van der Waals surface area contributed by atoms with Crippen LogP contribution in [0.15, 0.2) is 0 Å². The van der Waals surface area contributed by atoms with Crippen LogP contribution in [-0.2, 0) is 4.74 Å². The molecule has 1 atom stereocenters. The van der Waals surface area contributed by atoms with Crippen molar-refractivity contribution in [2.45, 2.75) is 102 Å². The second kappa shape index (κ2) is 6.58. The van der Waals surface area contributed by atoms with Gasteiger partial charge in [0.25, 0.3) is 0 Å². The standard InChI is InChI=1S/C17H33NO/c1-4-16(5-2,6-3)18-14-15-10-13-17(19-15)11-8-7-9-12-17/h15,18H,4-14H2,1-3H3. The summed E-state index contributed by atoms with van der Waals surface area (Å²) in [6.45, 7) is 7.96. The molecule has 1 heterocycles. The summed E-state index contributed by atoms with van der Waals surface area (Å²) in [5.74, 6) is 0. The molecule has 2 heteroatoms. The third-order valence-electron chi connectivity index (χ3n) is 5.84. The molecule has 0 aromatic rings. The summed E-state index contributed by atoms with van der Waals surface area (Å²) in [4.78, 5) is 0. The minimum absolute atomic E-state index is 0.276. The molecule has 19 heavy (non-hydrogen) atoms. The maximum atomic E-state index is 6.46. The van der Waals surface area contributed by atoms with Gasteiger partial charge in [-0.2, -0.15) is 0 Å².